The molecule has 7 nitrogen and oxygen atoms in total. The number of nitrogens with zero attached hydrogens (tertiary/aromatic N) is 3. The highest BCUT2D eigenvalue weighted by atomic mass is 19.1. The summed E-state index contributed by atoms with van der Waals surface area (Å²) in [7, 11) is 0. The molecule has 0 bridgehead atoms. The monoisotopic (exact) mass is 399 g/mol. The molecule has 8 heteroatoms. The summed E-state index contributed by atoms with van der Waals surface area (Å²) in [6.45, 7) is 0.691. The van der Waals surface area contributed by atoms with Crippen molar-refractivity contribution in [2.24, 2.45) is 11.7 Å². The number of carbonyl (C=O) groups excluding carboxylic acids is 2. The summed E-state index contributed by atoms with van der Waals surface area (Å²) in [5.74, 6) is -0.341. The van der Waals surface area contributed by atoms with E-state index in [1.165, 1.54) is 19.3 Å². The van der Waals surface area contributed by atoms with Gasteiger partial charge in [-0.2, -0.15) is 0 Å². The van der Waals surface area contributed by atoms with Gasteiger partial charge in [0, 0.05) is 30.1 Å². The lowest BCUT2D eigenvalue weighted by molar-refractivity contribution is -0.122. The third kappa shape index (κ3) is 5.28. The minimum atomic E-state index is -0.538. The molecule has 1 aromatic carbocycles. The van der Waals surface area contributed by atoms with Gasteiger partial charge in [0.05, 0.1) is 6.20 Å². The molecule has 0 radical (unpaired) electrons. The zero-order valence-corrected chi connectivity index (χ0v) is 16.3. The SMILES string of the molecule is NC(=O)C1CCCCC1.Nc1ncc(F)c(-c2cccc(N3CCCC3=O)c2)n1. The van der Waals surface area contributed by atoms with E-state index in [2.05, 4.69) is 9.97 Å². The Kier molecular flexibility index (Phi) is 6.74. The largest absolute Gasteiger partial charge is 0.369 e. The van der Waals surface area contributed by atoms with Crippen LogP contribution in [-0.4, -0.2) is 28.3 Å². The lowest BCUT2D eigenvalue weighted by Gasteiger charge is -2.17. The quantitative estimate of drug-likeness (QED) is 0.823. The molecular weight excluding hydrogens is 373 g/mol. The second-order valence-corrected chi connectivity index (χ2v) is 7.36. The fraction of sp³-hybridized carbons (Fsp3) is 0.429. The van der Waals surface area contributed by atoms with Crippen molar-refractivity contribution in [3.05, 3.63) is 36.3 Å². The first-order valence-corrected chi connectivity index (χ1v) is 9.94. The van der Waals surface area contributed by atoms with E-state index in [-0.39, 0.29) is 29.4 Å². The molecule has 4 N–H and O–H groups in total. The van der Waals surface area contributed by atoms with Gasteiger partial charge >= 0.3 is 0 Å². The predicted molar refractivity (Wildman–Crippen MR) is 109 cm³/mol. The molecule has 1 aliphatic carbocycles. The predicted octanol–water partition coefficient (Wildman–Crippen LogP) is 3.04. The number of primary amides is 1. The zero-order valence-electron chi connectivity index (χ0n) is 16.3. The molecular formula is C21H26FN5O2. The molecule has 1 aliphatic heterocycles. The minimum Gasteiger partial charge on any atom is -0.369 e. The Morgan fingerprint density at radius 1 is 1.17 bits per heavy atom. The van der Waals surface area contributed by atoms with Gasteiger partial charge in [-0.1, -0.05) is 31.4 Å². The van der Waals surface area contributed by atoms with Crippen LogP contribution in [0.3, 0.4) is 0 Å². The van der Waals surface area contributed by atoms with E-state index < -0.39 is 5.82 Å². The number of halogens is 1. The summed E-state index contributed by atoms with van der Waals surface area (Å²) in [6, 6.07) is 7.08. The Labute approximate surface area is 169 Å². The van der Waals surface area contributed by atoms with Crippen LogP contribution in [0.4, 0.5) is 16.0 Å². The molecule has 2 aromatic rings. The third-order valence-electron chi connectivity index (χ3n) is 5.27. The van der Waals surface area contributed by atoms with Gasteiger partial charge in [0.25, 0.3) is 0 Å². The Morgan fingerprint density at radius 3 is 2.55 bits per heavy atom. The molecule has 0 atom stereocenters. The van der Waals surface area contributed by atoms with Crippen LogP contribution in [0.5, 0.6) is 0 Å². The summed E-state index contributed by atoms with van der Waals surface area (Å²) in [4.78, 5) is 31.5. The Bertz CT molecular complexity index is 883. The van der Waals surface area contributed by atoms with Gasteiger partial charge < -0.3 is 16.4 Å². The maximum absolute atomic E-state index is 13.8. The van der Waals surface area contributed by atoms with Crippen LogP contribution in [0.2, 0.25) is 0 Å². The van der Waals surface area contributed by atoms with Gasteiger partial charge in [0.15, 0.2) is 5.82 Å². The van der Waals surface area contributed by atoms with E-state index in [9.17, 15) is 14.0 Å². The van der Waals surface area contributed by atoms with Gasteiger partial charge in [-0.15, -0.1) is 0 Å². The van der Waals surface area contributed by atoms with Gasteiger partial charge in [0.1, 0.15) is 5.69 Å². The third-order valence-corrected chi connectivity index (χ3v) is 5.27. The molecule has 2 amide bonds. The number of hydrogen-bond donors (Lipinski definition) is 2. The molecule has 29 heavy (non-hydrogen) atoms. The second kappa shape index (κ2) is 9.45. The van der Waals surface area contributed by atoms with Crippen molar-refractivity contribution in [2.45, 2.75) is 44.9 Å². The van der Waals surface area contributed by atoms with Crippen molar-refractivity contribution < 1.29 is 14.0 Å². The molecule has 2 heterocycles. The second-order valence-electron chi connectivity index (χ2n) is 7.36. The van der Waals surface area contributed by atoms with Crippen LogP contribution in [0.1, 0.15) is 44.9 Å². The number of nitrogens with two attached hydrogens (primary N) is 2. The molecule has 0 unspecified atom stereocenters. The topological polar surface area (TPSA) is 115 Å². The van der Waals surface area contributed by atoms with Crippen LogP contribution in [-0.2, 0) is 9.59 Å². The molecule has 2 aliphatic rings. The Balaban J connectivity index is 0.000000224. The van der Waals surface area contributed by atoms with E-state index in [1.807, 2.05) is 6.07 Å². The molecule has 1 saturated heterocycles. The molecule has 1 saturated carbocycles. The number of nitrogen functional groups attached to an aromatic ring is 1. The molecule has 154 valence electrons. The van der Waals surface area contributed by atoms with Gasteiger partial charge in [0.2, 0.25) is 17.8 Å². The first kappa shape index (κ1) is 20.7. The molecule has 2 fully saturated rings. The van der Waals surface area contributed by atoms with Crippen LogP contribution < -0.4 is 16.4 Å². The van der Waals surface area contributed by atoms with Crippen molar-refractivity contribution >= 4 is 23.5 Å². The van der Waals surface area contributed by atoms with Crippen molar-refractivity contribution in [2.75, 3.05) is 17.2 Å². The van der Waals surface area contributed by atoms with E-state index in [4.69, 9.17) is 11.5 Å². The highest BCUT2D eigenvalue weighted by molar-refractivity contribution is 5.95. The Hall–Kier alpha value is -3.03. The maximum Gasteiger partial charge on any atom is 0.227 e. The molecule has 1 aromatic heterocycles. The first-order chi connectivity index (χ1) is 14.0. The highest BCUT2D eigenvalue weighted by Crippen LogP contribution is 2.28. The van der Waals surface area contributed by atoms with Crippen molar-refractivity contribution in [1.29, 1.82) is 0 Å². The Morgan fingerprint density at radius 2 is 1.93 bits per heavy atom. The standard InChI is InChI=1S/C14H13FN4O.C7H13NO/c15-11-8-17-14(16)18-13(11)9-3-1-4-10(7-9)19-6-2-5-12(19)20;8-7(9)6-4-2-1-3-5-6/h1,3-4,7-8H,2,5-6H2,(H2,16,17,18);6H,1-5H2,(H2,8,9). The van der Waals surface area contributed by atoms with E-state index in [0.717, 1.165) is 31.1 Å². The zero-order chi connectivity index (χ0) is 20.8. The van der Waals surface area contributed by atoms with E-state index >= 15 is 0 Å². The number of rotatable bonds is 3. The summed E-state index contributed by atoms with van der Waals surface area (Å²) < 4.78 is 13.8. The number of hydrogen-bond acceptors (Lipinski definition) is 5. The molecule has 0 spiro atoms. The first-order valence-electron chi connectivity index (χ1n) is 9.94. The normalized spacial score (nSPS) is 17.0. The summed E-state index contributed by atoms with van der Waals surface area (Å²) in [5, 5.41) is 0. The van der Waals surface area contributed by atoms with Crippen molar-refractivity contribution in [1.82, 2.24) is 9.97 Å². The minimum absolute atomic E-state index is 0.0176. The van der Waals surface area contributed by atoms with Gasteiger partial charge in [-0.25, -0.2) is 14.4 Å². The number of amides is 2. The summed E-state index contributed by atoms with van der Waals surface area (Å²) in [6.07, 6.45) is 8.15. The summed E-state index contributed by atoms with van der Waals surface area (Å²) >= 11 is 0. The lowest BCUT2D eigenvalue weighted by atomic mass is 9.89. The summed E-state index contributed by atoms with van der Waals surface area (Å²) in [5.41, 5.74) is 12.1. The van der Waals surface area contributed by atoms with Crippen LogP contribution in [0.25, 0.3) is 11.3 Å². The van der Waals surface area contributed by atoms with E-state index in [1.54, 1.807) is 23.1 Å². The smallest absolute Gasteiger partial charge is 0.227 e. The average molecular weight is 399 g/mol. The van der Waals surface area contributed by atoms with Crippen molar-refractivity contribution in [3.63, 3.8) is 0 Å². The van der Waals surface area contributed by atoms with E-state index in [0.29, 0.717) is 18.5 Å². The lowest BCUT2D eigenvalue weighted by Crippen LogP contribution is -2.24. The van der Waals surface area contributed by atoms with Crippen LogP contribution in [0.15, 0.2) is 30.5 Å². The number of carbonyl (C=O) groups is 2. The maximum atomic E-state index is 13.8. The number of aromatic nitrogens is 2. The average Bonchev–Trinajstić information content (AvgIpc) is 3.17. The fourth-order valence-corrected chi connectivity index (χ4v) is 3.71. The fourth-order valence-electron chi connectivity index (χ4n) is 3.71. The van der Waals surface area contributed by atoms with Crippen molar-refractivity contribution in [3.8, 4) is 11.3 Å². The van der Waals surface area contributed by atoms with Crippen LogP contribution >= 0.6 is 0 Å². The van der Waals surface area contributed by atoms with Crippen LogP contribution in [0, 0.1) is 11.7 Å². The van der Waals surface area contributed by atoms with Gasteiger partial charge in [-0.3, -0.25) is 9.59 Å². The highest BCUT2D eigenvalue weighted by Gasteiger charge is 2.22. The van der Waals surface area contributed by atoms with Gasteiger partial charge in [-0.05, 0) is 31.4 Å². The number of anilines is 2. The molecule has 4 rings (SSSR count). The number of benzene rings is 1.